The largest absolute Gasteiger partial charge is 0.543 e. The van der Waals surface area contributed by atoms with Gasteiger partial charge in [-0.25, -0.2) is 0 Å². The molecule has 4 heteroatoms. The summed E-state index contributed by atoms with van der Waals surface area (Å²) in [7, 11) is -1.83. The van der Waals surface area contributed by atoms with Crippen LogP contribution in [0, 0.1) is 17.3 Å². The molecule has 3 nitrogen and oxygen atoms in total. The molecule has 3 aliphatic rings. The summed E-state index contributed by atoms with van der Waals surface area (Å²) in [6.07, 6.45) is 8.59. The summed E-state index contributed by atoms with van der Waals surface area (Å²) in [6.45, 7) is 13.8. The molecular weight excluding hydrogens is 400 g/mol. The quantitative estimate of drug-likeness (QED) is 0.411. The molecule has 2 fully saturated rings. The van der Waals surface area contributed by atoms with Gasteiger partial charge in [0.15, 0.2) is 0 Å². The number of aryl methyl sites for hydroxylation is 1. The van der Waals surface area contributed by atoms with Gasteiger partial charge in [-0.2, -0.15) is 0 Å². The van der Waals surface area contributed by atoms with Gasteiger partial charge in [0.25, 0.3) is 0 Å². The van der Waals surface area contributed by atoms with E-state index >= 15 is 0 Å². The number of carbonyl (C=O) groups excluding carboxylic acids is 1. The van der Waals surface area contributed by atoms with Gasteiger partial charge in [0, 0.05) is 6.42 Å². The van der Waals surface area contributed by atoms with Crippen LogP contribution in [0.5, 0.6) is 5.75 Å². The molecule has 31 heavy (non-hydrogen) atoms. The van der Waals surface area contributed by atoms with Gasteiger partial charge >= 0.3 is 0 Å². The van der Waals surface area contributed by atoms with Gasteiger partial charge < -0.3 is 14.3 Å². The molecule has 3 aliphatic carbocycles. The minimum Gasteiger partial charge on any atom is -0.543 e. The molecule has 1 aromatic carbocycles. The Balaban J connectivity index is 1.56. The first kappa shape index (κ1) is 23.0. The highest BCUT2D eigenvalue weighted by Gasteiger charge is 2.61. The molecule has 0 saturated heterocycles. The smallest absolute Gasteiger partial charge is 0.250 e. The SMILES string of the molecule is CC(C)(C)[Si](C)(C)Oc1ccc2c(c1)CC[C@@H]1[C@@H]2CC[C@@]2(C)[C@H]1CC[C@@]2(O)CCC=O. The van der Waals surface area contributed by atoms with Crippen molar-refractivity contribution in [3.63, 3.8) is 0 Å². The molecule has 5 atom stereocenters. The fourth-order valence-electron chi connectivity index (χ4n) is 6.89. The van der Waals surface area contributed by atoms with Crippen LogP contribution >= 0.6 is 0 Å². The molecule has 172 valence electrons. The summed E-state index contributed by atoms with van der Waals surface area (Å²) < 4.78 is 6.60. The van der Waals surface area contributed by atoms with Crippen LogP contribution in [-0.4, -0.2) is 25.3 Å². The predicted octanol–water partition coefficient (Wildman–Crippen LogP) is 6.64. The Bertz CT molecular complexity index is 841. The van der Waals surface area contributed by atoms with E-state index in [0.29, 0.717) is 30.6 Å². The van der Waals surface area contributed by atoms with E-state index in [2.05, 4.69) is 59.0 Å². The van der Waals surface area contributed by atoms with Crippen LogP contribution in [0.2, 0.25) is 18.1 Å². The maximum atomic E-state index is 11.5. The molecule has 0 unspecified atom stereocenters. The minimum atomic E-state index is -1.83. The van der Waals surface area contributed by atoms with E-state index in [1.165, 1.54) is 17.5 Å². The summed E-state index contributed by atoms with van der Waals surface area (Å²) in [5.74, 6) is 2.88. The lowest BCUT2D eigenvalue weighted by atomic mass is 9.53. The number of hydrogen-bond acceptors (Lipinski definition) is 3. The maximum absolute atomic E-state index is 11.5. The van der Waals surface area contributed by atoms with Gasteiger partial charge in [0.2, 0.25) is 8.32 Å². The van der Waals surface area contributed by atoms with E-state index in [-0.39, 0.29) is 10.5 Å². The van der Waals surface area contributed by atoms with Crippen LogP contribution in [0.3, 0.4) is 0 Å². The normalized spacial score (nSPS) is 35.1. The average molecular weight is 443 g/mol. The van der Waals surface area contributed by atoms with Crippen molar-refractivity contribution >= 4 is 14.6 Å². The van der Waals surface area contributed by atoms with Crippen molar-refractivity contribution in [3.05, 3.63) is 29.3 Å². The lowest BCUT2D eigenvalue weighted by Crippen LogP contribution is -2.50. The number of rotatable bonds is 5. The lowest BCUT2D eigenvalue weighted by molar-refractivity contribution is -0.119. The Morgan fingerprint density at radius 1 is 1.19 bits per heavy atom. The molecule has 0 aliphatic heterocycles. The summed E-state index contributed by atoms with van der Waals surface area (Å²) in [5.41, 5.74) is 2.31. The van der Waals surface area contributed by atoms with Gasteiger partial charge in [-0.05, 0) is 110 Å². The average Bonchev–Trinajstić information content (AvgIpc) is 2.96. The van der Waals surface area contributed by atoms with Gasteiger partial charge in [-0.15, -0.1) is 0 Å². The molecule has 0 aromatic heterocycles. The third kappa shape index (κ3) is 3.72. The molecule has 1 N–H and O–H groups in total. The molecule has 4 rings (SSSR count). The summed E-state index contributed by atoms with van der Waals surface area (Å²) >= 11 is 0. The molecule has 0 bridgehead atoms. The van der Waals surface area contributed by atoms with Crippen molar-refractivity contribution < 1.29 is 14.3 Å². The summed E-state index contributed by atoms with van der Waals surface area (Å²) in [6, 6.07) is 6.89. The van der Waals surface area contributed by atoms with Gasteiger partial charge in [0.1, 0.15) is 12.0 Å². The highest BCUT2D eigenvalue weighted by atomic mass is 28.4. The Labute approximate surface area is 190 Å². The molecule has 2 saturated carbocycles. The topological polar surface area (TPSA) is 46.5 Å². The predicted molar refractivity (Wildman–Crippen MR) is 129 cm³/mol. The molecular formula is C27H42O3Si. The van der Waals surface area contributed by atoms with Crippen molar-refractivity contribution in [1.29, 1.82) is 0 Å². The number of hydrogen-bond donors (Lipinski definition) is 1. The zero-order chi connectivity index (χ0) is 22.7. The van der Waals surface area contributed by atoms with Crippen molar-refractivity contribution in [3.8, 4) is 5.75 Å². The van der Waals surface area contributed by atoms with Crippen molar-refractivity contribution in [2.75, 3.05) is 0 Å². The molecule has 0 spiro atoms. The highest BCUT2D eigenvalue weighted by molar-refractivity contribution is 6.74. The van der Waals surface area contributed by atoms with E-state index in [9.17, 15) is 9.90 Å². The monoisotopic (exact) mass is 442 g/mol. The Hall–Kier alpha value is -1.13. The highest BCUT2D eigenvalue weighted by Crippen LogP contribution is 2.65. The molecule has 0 heterocycles. The number of fused-ring (bicyclic) bond motifs is 5. The number of aldehydes is 1. The van der Waals surface area contributed by atoms with Crippen LogP contribution in [-0.2, 0) is 11.2 Å². The summed E-state index contributed by atoms with van der Waals surface area (Å²) in [4.78, 5) is 11.0. The standard InChI is InChI=1S/C27H42O3Si/c1-25(2,3)31(5,6)30-20-9-11-21-19(18-20)8-10-23-22(21)12-15-26(4)24(23)13-16-27(26,29)14-7-17-28/h9,11,17-18,22-24,29H,7-8,10,12-16H2,1-6H3/t22-,23-,24+,26+,27+/m1/s1. The molecule has 1 aromatic rings. The van der Waals surface area contributed by atoms with Crippen LogP contribution in [0.4, 0.5) is 0 Å². The van der Waals surface area contributed by atoms with Crippen molar-refractivity contribution in [2.45, 2.75) is 109 Å². The maximum Gasteiger partial charge on any atom is 0.250 e. The third-order valence-electron chi connectivity index (χ3n) is 9.87. The third-order valence-corrected chi connectivity index (χ3v) is 14.2. The van der Waals surface area contributed by atoms with Crippen LogP contribution < -0.4 is 4.43 Å². The van der Waals surface area contributed by atoms with Gasteiger partial charge in [-0.3, -0.25) is 0 Å². The Morgan fingerprint density at radius 2 is 1.94 bits per heavy atom. The first-order chi connectivity index (χ1) is 14.4. The van der Waals surface area contributed by atoms with E-state index in [1.807, 2.05) is 0 Å². The van der Waals surface area contributed by atoms with Crippen molar-refractivity contribution in [1.82, 2.24) is 0 Å². The van der Waals surface area contributed by atoms with E-state index in [1.54, 1.807) is 0 Å². The van der Waals surface area contributed by atoms with Gasteiger partial charge in [0.05, 0.1) is 5.60 Å². The van der Waals surface area contributed by atoms with E-state index in [0.717, 1.165) is 44.1 Å². The second-order valence-electron chi connectivity index (χ2n) is 12.4. The number of aliphatic hydroxyl groups is 1. The van der Waals surface area contributed by atoms with Crippen molar-refractivity contribution in [2.24, 2.45) is 17.3 Å². The zero-order valence-corrected chi connectivity index (χ0v) is 21.5. The first-order valence-corrected chi connectivity index (χ1v) is 15.3. The van der Waals surface area contributed by atoms with Gasteiger partial charge in [-0.1, -0.05) is 33.8 Å². The molecule has 0 amide bonds. The van der Waals surface area contributed by atoms with E-state index < -0.39 is 13.9 Å². The Kier molecular flexibility index (Phi) is 5.74. The fourth-order valence-corrected chi connectivity index (χ4v) is 7.91. The molecule has 0 radical (unpaired) electrons. The Morgan fingerprint density at radius 3 is 2.61 bits per heavy atom. The van der Waals surface area contributed by atoms with Crippen LogP contribution in [0.1, 0.15) is 89.7 Å². The number of carbonyl (C=O) groups is 1. The second kappa shape index (κ2) is 7.73. The van der Waals surface area contributed by atoms with E-state index in [4.69, 9.17) is 4.43 Å². The van der Waals surface area contributed by atoms with Crippen LogP contribution in [0.25, 0.3) is 0 Å². The fraction of sp³-hybridized carbons (Fsp3) is 0.741. The van der Waals surface area contributed by atoms with Crippen LogP contribution in [0.15, 0.2) is 18.2 Å². The summed E-state index contributed by atoms with van der Waals surface area (Å²) in [5, 5.41) is 11.7. The first-order valence-electron chi connectivity index (χ1n) is 12.4. The number of benzene rings is 1. The lowest BCUT2D eigenvalue weighted by Gasteiger charge is -2.53. The second-order valence-corrected chi connectivity index (χ2v) is 17.1. The minimum absolute atomic E-state index is 0.0416. The zero-order valence-electron chi connectivity index (χ0n) is 20.5.